The van der Waals surface area contributed by atoms with Crippen molar-refractivity contribution in [1.29, 1.82) is 0 Å². The monoisotopic (exact) mass is 434 g/mol. The molecule has 0 radical (unpaired) electrons. The summed E-state index contributed by atoms with van der Waals surface area (Å²) in [7, 11) is 0. The quantitative estimate of drug-likeness (QED) is 0.278. The first-order valence-electron chi connectivity index (χ1n) is 9.99. The van der Waals surface area contributed by atoms with Crippen molar-refractivity contribution in [2.24, 2.45) is 4.99 Å². The molecule has 0 aliphatic heterocycles. The fourth-order valence-electron chi connectivity index (χ4n) is 3.21. The molecule has 0 saturated carbocycles. The van der Waals surface area contributed by atoms with Gasteiger partial charge in [-0.3, -0.25) is 9.79 Å². The maximum Gasteiger partial charge on any atom is 0.416 e. The van der Waals surface area contributed by atoms with E-state index in [1.165, 1.54) is 13.0 Å². The number of alkyl halides is 3. The van der Waals surface area contributed by atoms with Crippen LogP contribution in [0.4, 0.5) is 24.5 Å². The van der Waals surface area contributed by atoms with Gasteiger partial charge in [-0.05, 0) is 60.9 Å². The lowest BCUT2D eigenvalue weighted by molar-refractivity contribution is -0.138. The van der Waals surface area contributed by atoms with Gasteiger partial charge in [0.2, 0.25) is 6.41 Å². The third-order valence-corrected chi connectivity index (χ3v) is 4.77. The molecule has 0 bridgehead atoms. The van der Waals surface area contributed by atoms with Crippen LogP contribution in [-0.4, -0.2) is 12.1 Å². The van der Waals surface area contributed by atoms with Crippen LogP contribution in [0.25, 0.3) is 0 Å². The van der Waals surface area contributed by atoms with Gasteiger partial charge in [-0.1, -0.05) is 49.1 Å². The summed E-state index contributed by atoms with van der Waals surface area (Å²) in [6.45, 7) is 3.28. The summed E-state index contributed by atoms with van der Waals surface area (Å²) in [5.74, 6) is 6.22. The Balaban J connectivity index is 2.02. The highest BCUT2D eigenvalue weighted by Gasteiger charge is 2.33. The van der Waals surface area contributed by atoms with E-state index in [4.69, 9.17) is 0 Å². The average molecular weight is 434 g/mol. The molecule has 1 amide bonds. The van der Waals surface area contributed by atoms with E-state index in [1.54, 1.807) is 0 Å². The van der Waals surface area contributed by atoms with E-state index >= 15 is 0 Å². The summed E-state index contributed by atoms with van der Waals surface area (Å²) in [5.41, 5.74) is 2.66. The maximum absolute atomic E-state index is 13.3. The van der Waals surface area contributed by atoms with Gasteiger partial charge in [0, 0.05) is 16.8 Å². The van der Waals surface area contributed by atoms with Crippen molar-refractivity contribution < 1.29 is 18.0 Å². The summed E-state index contributed by atoms with van der Waals surface area (Å²) in [6, 6.07) is 19.4. The lowest BCUT2D eigenvalue weighted by Gasteiger charge is -2.15. The zero-order chi connectivity index (χ0) is 23.1. The summed E-state index contributed by atoms with van der Waals surface area (Å²) >= 11 is 0. The van der Waals surface area contributed by atoms with E-state index in [0.717, 1.165) is 22.8 Å². The van der Waals surface area contributed by atoms with Crippen molar-refractivity contribution in [1.82, 2.24) is 0 Å². The van der Waals surface area contributed by atoms with Crippen molar-refractivity contribution >= 4 is 23.5 Å². The smallest absolute Gasteiger partial charge is 0.327 e. The number of anilines is 1. The van der Waals surface area contributed by atoms with Crippen molar-refractivity contribution in [3.05, 3.63) is 94.5 Å². The lowest BCUT2D eigenvalue weighted by Crippen LogP contribution is -2.09. The molecule has 0 heterocycles. The number of aliphatic imine (C=N–C) groups is 1. The molecule has 0 aliphatic carbocycles. The van der Waals surface area contributed by atoms with Crippen LogP contribution in [0.3, 0.4) is 0 Å². The molecule has 0 spiro atoms. The molecule has 1 N–H and O–H groups in total. The third kappa shape index (κ3) is 5.64. The molecule has 3 aromatic rings. The van der Waals surface area contributed by atoms with Crippen LogP contribution in [-0.2, 0) is 11.0 Å². The highest BCUT2D eigenvalue weighted by Crippen LogP contribution is 2.38. The molecule has 0 fully saturated rings. The highest BCUT2D eigenvalue weighted by atomic mass is 19.4. The second-order valence-electron chi connectivity index (χ2n) is 7.05. The Hall–Kier alpha value is -3.85. The predicted molar refractivity (Wildman–Crippen MR) is 121 cm³/mol. The Bertz CT molecular complexity index is 1200. The first kappa shape index (κ1) is 22.8. The minimum Gasteiger partial charge on any atom is -0.327 e. The van der Waals surface area contributed by atoms with Gasteiger partial charge in [0.05, 0.1) is 16.9 Å². The molecule has 32 heavy (non-hydrogen) atoms. The summed E-state index contributed by atoms with van der Waals surface area (Å²) in [5, 5.41) is 2.34. The molecular formula is C26H21F3N2O. The first-order chi connectivity index (χ1) is 15.3. The number of hydrogen-bond donors (Lipinski definition) is 1. The normalized spacial score (nSPS) is 11.5. The van der Waals surface area contributed by atoms with Crippen LogP contribution in [0.5, 0.6) is 0 Å². The molecular weight excluding hydrogens is 413 g/mol. The number of nitrogens with zero attached hydrogens (tertiary/aromatic N) is 1. The van der Waals surface area contributed by atoms with Gasteiger partial charge in [-0.15, -0.1) is 0 Å². The van der Waals surface area contributed by atoms with Crippen LogP contribution < -0.4 is 5.32 Å². The molecule has 0 unspecified atom stereocenters. The molecule has 6 heteroatoms. The van der Waals surface area contributed by atoms with Crippen LogP contribution in [0.1, 0.15) is 41.2 Å². The van der Waals surface area contributed by atoms with E-state index in [1.807, 2.05) is 61.5 Å². The Morgan fingerprint density at radius 1 is 1.00 bits per heavy atom. The van der Waals surface area contributed by atoms with E-state index in [2.05, 4.69) is 22.2 Å². The zero-order valence-corrected chi connectivity index (χ0v) is 17.6. The molecule has 3 nitrogen and oxygen atoms in total. The van der Waals surface area contributed by atoms with E-state index in [-0.39, 0.29) is 16.9 Å². The number of amides is 1. The van der Waals surface area contributed by atoms with Crippen LogP contribution in [0.15, 0.2) is 71.7 Å². The number of aryl methyl sites for hydroxylation is 1. The molecule has 162 valence electrons. The molecule has 0 saturated heterocycles. The van der Waals surface area contributed by atoms with Crippen molar-refractivity contribution in [3.8, 4) is 11.8 Å². The predicted octanol–water partition coefficient (Wildman–Crippen LogP) is 6.51. The van der Waals surface area contributed by atoms with Crippen LogP contribution in [0.2, 0.25) is 0 Å². The largest absolute Gasteiger partial charge is 0.416 e. The van der Waals surface area contributed by atoms with Crippen molar-refractivity contribution in [2.75, 3.05) is 5.32 Å². The molecule has 0 aliphatic rings. The fraction of sp³-hybridized carbons (Fsp3) is 0.154. The van der Waals surface area contributed by atoms with Crippen molar-refractivity contribution in [3.63, 3.8) is 0 Å². The second-order valence-corrected chi connectivity index (χ2v) is 7.05. The van der Waals surface area contributed by atoms with Gasteiger partial charge < -0.3 is 5.32 Å². The number of carbonyl (C=O) groups excluding carboxylic acids is 1. The number of halogens is 3. The molecule has 0 atom stereocenters. The fourth-order valence-corrected chi connectivity index (χ4v) is 3.21. The number of nitrogens with one attached hydrogen (secondary N) is 1. The van der Waals surface area contributed by atoms with E-state index in [9.17, 15) is 18.0 Å². The number of carbonyl (C=O) groups is 1. The van der Waals surface area contributed by atoms with Gasteiger partial charge in [-0.25, -0.2) is 0 Å². The van der Waals surface area contributed by atoms with Gasteiger partial charge in [0.1, 0.15) is 0 Å². The summed E-state index contributed by atoms with van der Waals surface area (Å²) < 4.78 is 39.8. The van der Waals surface area contributed by atoms with Crippen LogP contribution >= 0.6 is 0 Å². The van der Waals surface area contributed by atoms with Gasteiger partial charge in [0.15, 0.2) is 0 Å². The number of rotatable bonds is 5. The van der Waals surface area contributed by atoms with Gasteiger partial charge in [-0.2, -0.15) is 13.2 Å². The molecule has 3 aromatic carbocycles. The summed E-state index contributed by atoms with van der Waals surface area (Å²) in [6.07, 6.45) is -3.64. The number of benzene rings is 3. The summed E-state index contributed by atoms with van der Waals surface area (Å²) in [4.78, 5) is 15.6. The van der Waals surface area contributed by atoms with Gasteiger partial charge >= 0.3 is 6.18 Å². The van der Waals surface area contributed by atoms with E-state index < -0.39 is 11.7 Å². The molecule has 0 aromatic heterocycles. The van der Waals surface area contributed by atoms with Gasteiger partial charge in [0.25, 0.3) is 0 Å². The second kappa shape index (κ2) is 9.97. The Kier molecular flexibility index (Phi) is 7.11. The van der Waals surface area contributed by atoms with Crippen molar-refractivity contribution in [2.45, 2.75) is 26.4 Å². The van der Waals surface area contributed by atoms with Crippen LogP contribution in [0, 0.1) is 18.8 Å². The Labute approximate surface area is 185 Å². The highest BCUT2D eigenvalue weighted by molar-refractivity contribution is 6.03. The maximum atomic E-state index is 13.3. The minimum absolute atomic E-state index is 0.00361. The third-order valence-electron chi connectivity index (χ3n) is 4.77. The zero-order valence-electron chi connectivity index (χ0n) is 17.6. The Morgan fingerprint density at radius 2 is 1.69 bits per heavy atom. The standard InChI is InChI=1S/C26H21F3N2O/c1-3-23(21-11-7-10-20(15-21)13-12-19-8-5-4-6-9-19)31-25-14-18(2)22(26(27,28)29)16-24(25)30-17-32/h4-11,14-17H,3H2,1-2H3,(H,30,32). The Morgan fingerprint density at radius 3 is 2.34 bits per heavy atom. The van der Waals surface area contributed by atoms with E-state index in [0.29, 0.717) is 18.5 Å². The average Bonchev–Trinajstić information content (AvgIpc) is 2.77. The molecule has 3 rings (SSSR count). The number of hydrogen-bond acceptors (Lipinski definition) is 2. The SMILES string of the molecule is CCC(=Nc1cc(C)c(C(F)(F)F)cc1NC=O)c1cccc(C#Cc2ccccc2)c1. The lowest BCUT2D eigenvalue weighted by atomic mass is 10.0. The topological polar surface area (TPSA) is 41.5 Å². The first-order valence-corrected chi connectivity index (χ1v) is 9.99. The minimum atomic E-state index is -4.52.